The van der Waals surface area contributed by atoms with Gasteiger partial charge in [-0.15, -0.1) is 0 Å². The summed E-state index contributed by atoms with van der Waals surface area (Å²) < 4.78 is 5.23. The van der Waals surface area contributed by atoms with Gasteiger partial charge in [-0.1, -0.05) is 47.5 Å². The van der Waals surface area contributed by atoms with Crippen molar-refractivity contribution in [3.8, 4) is 0 Å². The molecule has 2 N–H and O–H groups in total. The first-order valence-electron chi connectivity index (χ1n) is 6.11. The summed E-state index contributed by atoms with van der Waals surface area (Å²) >= 11 is 0. The lowest BCUT2D eigenvalue weighted by atomic mass is 10.4. The largest absolute Gasteiger partial charge is 0.381 e. The van der Waals surface area contributed by atoms with Crippen LogP contribution in [0.4, 0.5) is 0 Å². The summed E-state index contributed by atoms with van der Waals surface area (Å²) in [6.45, 7) is 12.9. The summed E-state index contributed by atoms with van der Waals surface area (Å²) in [6, 6.07) is 0. The first-order chi connectivity index (χ1) is 6.83. The second kappa shape index (κ2) is 29.3. The molecule has 0 fully saturated rings. The average Bonchev–Trinajstić information content (AvgIpc) is 2.22. The van der Waals surface area contributed by atoms with Crippen molar-refractivity contribution in [3.63, 3.8) is 0 Å². The molecule has 0 aromatic carbocycles. The fourth-order valence-corrected chi connectivity index (χ4v) is 0.534. The van der Waals surface area contributed by atoms with Gasteiger partial charge in [-0.2, -0.15) is 0 Å². The van der Waals surface area contributed by atoms with Gasteiger partial charge in [0.2, 0.25) is 0 Å². The minimum absolute atomic E-state index is 0. The van der Waals surface area contributed by atoms with Crippen LogP contribution < -0.4 is 5.73 Å². The van der Waals surface area contributed by atoms with Crippen molar-refractivity contribution in [1.29, 1.82) is 0 Å². The Balaban J connectivity index is -0.0000000867. The predicted octanol–water partition coefficient (Wildman–Crippen LogP) is 3.84. The van der Waals surface area contributed by atoms with Crippen molar-refractivity contribution in [2.24, 2.45) is 5.73 Å². The molecule has 2 heteroatoms. The zero-order chi connectivity index (χ0) is 11.7. The van der Waals surface area contributed by atoms with E-state index in [1.54, 1.807) is 0 Å². The summed E-state index contributed by atoms with van der Waals surface area (Å²) in [5.41, 5.74) is 5.26. The number of hydrogen-bond donors (Lipinski definition) is 1. The maximum absolute atomic E-state index is 5.26. The first kappa shape index (κ1) is 19.5. The van der Waals surface area contributed by atoms with E-state index in [0.29, 0.717) is 0 Å². The molecular weight excluding hydrogens is 174 g/mol. The monoisotopic (exact) mass is 207 g/mol. The van der Waals surface area contributed by atoms with E-state index in [1.807, 2.05) is 13.8 Å². The number of unbranched alkanes of at least 4 members (excludes halogenated alkanes) is 1. The molecule has 2 nitrogen and oxygen atoms in total. The molecule has 0 unspecified atom stereocenters. The molecule has 0 atom stereocenters. The lowest BCUT2D eigenvalue weighted by Gasteiger charge is -1.99. The Morgan fingerprint density at radius 3 is 1.79 bits per heavy atom. The highest BCUT2D eigenvalue weighted by Gasteiger charge is 1.84. The fraction of sp³-hybridized carbons (Fsp3) is 1.00. The van der Waals surface area contributed by atoms with Crippen LogP contribution in [0.2, 0.25) is 0 Å². The molecule has 0 aliphatic rings. The second-order valence-electron chi connectivity index (χ2n) is 2.82. The van der Waals surface area contributed by atoms with E-state index in [4.69, 9.17) is 10.5 Å². The summed E-state index contributed by atoms with van der Waals surface area (Å²) in [6.07, 6.45) is 4.62. The molecule has 14 heavy (non-hydrogen) atoms. The minimum atomic E-state index is 0. The normalized spacial score (nSPS) is 8.14. The standard InChI is InChI=1S/C7H17NO.C3H8.C2H6.H2/c1-2-3-6-9-7-4-5-8;1-3-2;1-2;/h2-8H2,1H3;3H2,1-2H3;1-2H3;1H. The molecule has 0 rings (SSSR count). The van der Waals surface area contributed by atoms with Crippen molar-refractivity contribution in [3.05, 3.63) is 0 Å². The van der Waals surface area contributed by atoms with Gasteiger partial charge in [0, 0.05) is 14.6 Å². The highest BCUT2D eigenvalue weighted by Crippen LogP contribution is 1.88. The van der Waals surface area contributed by atoms with Gasteiger partial charge in [0.05, 0.1) is 0 Å². The van der Waals surface area contributed by atoms with E-state index in [0.717, 1.165) is 26.2 Å². The molecule has 0 amide bonds. The van der Waals surface area contributed by atoms with Crippen molar-refractivity contribution in [2.75, 3.05) is 19.8 Å². The van der Waals surface area contributed by atoms with Crippen LogP contribution >= 0.6 is 0 Å². The van der Waals surface area contributed by atoms with Gasteiger partial charge in [0.15, 0.2) is 0 Å². The molecule has 0 saturated carbocycles. The predicted molar refractivity (Wildman–Crippen MR) is 68.8 cm³/mol. The van der Waals surface area contributed by atoms with Crippen LogP contribution in [0, 0.1) is 0 Å². The molecule has 92 valence electrons. The van der Waals surface area contributed by atoms with Gasteiger partial charge < -0.3 is 10.5 Å². The number of ether oxygens (including phenoxy) is 1. The Morgan fingerprint density at radius 2 is 1.43 bits per heavy atom. The Hall–Kier alpha value is -0.0800. The van der Waals surface area contributed by atoms with Gasteiger partial charge in [-0.3, -0.25) is 0 Å². The van der Waals surface area contributed by atoms with Gasteiger partial charge in [0.25, 0.3) is 0 Å². The summed E-state index contributed by atoms with van der Waals surface area (Å²) in [7, 11) is 0. The van der Waals surface area contributed by atoms with Crippen LogP contribution in [0.25, 0.3) is 0 Å². The van der Waals surface area contributed by atoms with Crippen molar-refractivity contribution in [1.82, 2.24) is 0 Å². The van der Waals surface area contributed by atoms with Crippen LogP contribution in [0.1, 0.15) is 61.7 Å². The third-order valence-corrected chi connectivity index (χ3v) is 1.14. The summed E-state index contributed by atoms with van der Waals surface area (Å²) in [4.78, 5) is 0. The molecule has 0 radical (unpaired) electrons. The van der Waals surface area contributed by atoms with Crippen LogP contribution in [0.3, 0.4) is 0 Å². The molecule has 0 aromatic rings. The molecule has 0 aliphatic heterocycles. The second-order valence-corrected chi connectivity index (χ2v) is 2.82. The molecular formula is C12H33NO. The lowest BCUT2D eigenvalue weighted by Crippen LogP contribution is -2.04. The number of nitrogens with two attached hydrogens (primary N) is 1. The van der Waals surface area contributed by atoms with Gasteiger partial charge >= 0.3 is 0 Å². The Morgan fingerprint density at radius 1 is 1.00 bits per heavy atom. The molecule has 0 heterocycles. The molecule has 0 aromatic heterocycles. The van der Waals surface area contributed by atoms with Crippen molar-refractivity contribution in [2.45, 2.75) is 60.3 Å². The fourth-order valence-electron chi connectivity index (χ4n) is 0.534. The highest BCUT2D eigenvalue weighted by atomic mass is 16.5. The Bertz CT molecular complexity index is 57.6. The zero-order valence-electron chi connectivity index (χ0n) is 10.9. The molecule has 0 spiro atoms. The smallest absolute Gasteiger partial charge is 0.0478 e. The Labute approximate surface area is 92.7 Å². The zero-order valence-corrected chi connectivity index (χ0v) is 10.9. The van der Waals surface area contributed by atoms with Crippen molar-refractivity contribution >= 4 is 0 Å². The third-order valence-electron chi connectivity index (χ3n) is 1.14. The number of rotatable bonds is 6. The van der Waals surface area contributed by atoms with Gasteiger partial charge in [-0.25, -0.2) is 0 Å². The maximum Gasteiger partial charge on any atom is 0.0478 e. The van der Waals surface area contributed by atoms with E-state index in [-0.39, 0.29) is 1.43 Å². The lowest BCUT2D eigenvalue weighted by molar-refractivity contribution is 0.130. The van der Waals surface area contributed by atoms with E-state index in [1.165, 1.54) is 19.3 Å². The summed E-state index contributed by atoms with van der Waals surface area (Å²) in [5.74, 6) is 0. The van der Waals surface area contributed by atoms with Crippen LogP contribution in [0.15, 0.2) is 0 Å². The van der Waals surface area contributed by atoms with E-state index >= 15 is 0 Å². The number of hydrogen-bond acceptors (Lipinski definition) is 2. The van der Waals surface area contributed by atoms with E-state index in [2.05, 4.69) is 20.8 Å². The molecule has 0 saturated heterocycles. The SMILES string of the molecule is CC.CCC.CCCCOCCCN.[HH]. The van der Waals surface area contributed by atoms with E-state index < -0.39 is 0 Å². The van der Waals surface area contributed by atoms with Crippen molar-refractivity contribution < 1.29 is 6.16 Å². The highest BCUT2D eigenvalue weighted by molar-refractivity contribution is 4.36. The Kier molecular flexibility index (Phi) is 40.7. The molecule has 0 aliphatic carbocycles. The topological polar surface area (TPSA) is 35.2 Å². The first-order valence-corrected chi connectivity index (χ1v) is 6.11. The maximum atomic E-state index is 5.26. The minimum Gasteiger partial charge on any atom is -0.381 e. The average molecular weight is 207 g/mol. The van der Waals surface area contributed by atoms with Crippen LogP contribution in [-0.4, -0.2) is 19.8 Å². The third kappa shape index (κ3) is 40.6. The molecule has 0 bridgehead atoms. The van der Waals surface area contributed by atoms with Crippen LogP contribution in [0.5, 0.6) is 0 Å². The van der Waals surface area contributed by atoms with Crippen LogP contribution in [-0.2, 0) is 4.74 Å². The van der Waals surface area contributed by atoms with E-state index in [9.17, 15) is 0 Å². The van der Waals surface area contributed by atoms with Gasteiger partial charge in [0.1, 0.15) is 0 Å². The van der Waals surface area contributed by atoms with Gasteiger partial charge in [-0.05, 0) is 19.4 Å². The summed E-state index contributed by atoms with van der Waals surface area (Å²) in [5, 5.41) is 0. The quantitative estimate of drug-likeness (QED) is 0.672.